The topological polar surface area (TPSA) is 24.9 Å². The van der Waals surface area contributed by atoms with Gasteiger partial charge in [-0.25, -0.2) is 0 Å². The second kappa shape index (κ2) is 6.14. The summed E-state index contributed by atoms with van der Waals surface area (Å²) in [6.45, 7) is 0. The van der Waals surface area contributed by atoms with Crippen LogP contribution in [0.4, 0.5) is 0 Å². The van der Waals surface area contributed by atoms with Gasteiger partial charge in [-0.3, -0.25) is 4.98 Å². The number of hydrogen-bond acceptors (Lipinski definition) is 2. The normalized spacial score (nSPS) is 12.5. The highest BCUT2D eigenvalue weighted by molar-refractivity contribution is 9.10. The molecule has 2 aromatic carbocycles. The molecular weight excluding hydrogens is 348 g/mol. The molecule has 1 heterocycles. The standard InChI is InChI=1S/C17H14BrClN2/c1-20-17(12-5-6-15(18)16(19)9-12)13-4-2-3-11-7-8-21-10-14(11)13/h2-10,17,20H,1H3. The Bertz CT molecular complexity index is 783. The Morgan fingerprint density at radius 2 is 2.05 bits per heavy atom. The van der Waals surface area contributed by atoms with Crippen LogP contribution in [-0.4, -0.2) is 12.0 Å². The highest BCUT2D eigenvalue weighted by atomic mass is 79.9. The van der Waals surface area contributed by atoms with E-state index in [2.05, 4.69) is 50.5 Å². The van der Waals surface area contributed by atoms with Crippen molar-refractivity contribution < 1.29 is 0 Å². The summed E-state index contributed by atoms with van der Waals surface area (Å²) < 4.78 is 0.905. The maximum absolute atomic E-state index is 6.23. The third-order valence-corrected chi connectivity index (χ3v) is 4.83. The molecule has 0 aliphatic carbocycles. The molecule has 4 heteroatoms. The summed E-state index contributed by atoms with van der Waals surface area (Å²) in [5, 5.41) is 6.42. The smallest absolute Gasteiger partial charge is 0.0581 e. The van der Waals surface area contributed by atoms with Gasteiger partial charge in [-0.2, -0.15) is 0 Å². The van der Waals surface area contributed by atoms with Crippen LogP contribution in [0.5, 0.6) is 0 Å². The zero-order valence-corrected chi connectivity index (χ0v) is 13.8. The number of hydrogen-bond donors (Lipinski definition) is 1. The zero-order chi connectivity index (χ0) is 14.8. The van der Waals surface area contributed by atoms with Gasteiger partial charge in [0.25, 0.3) is 0 Å². The molecule has 1 N–H and O–H groups in total. The van der Waals surface area contributed by atoms with Crippen LogP contribution < -0.4 is 5.32 Å². The lowest BCUT2D eigenvalue weighted by Crippen LogP contribution is -2.18. The van der Waals surface area contributed by atoms with Gasteiger partial charge in [-0.15, -0.1) is 0 Å². The largest absolute Gasteiger partial charge is 0.309 e. The molecule has 1 unspecified atom stereocenters. The van der Waals surface area contributed by atoms with Crippen molar-refractivity contribution in [2.45, 2.75) is 6.04 Å². The minimum atomic E-state index is 0.0727. The molecule has 0 saturated heterocycles. The van der Waals surface area contributed by atoms with Gasteiger partial charge in [-0.1, -0.05) is 35.9 Å². The molecular formula is C17H14BrClN2. The van der Waals surface area contributed by atoms with E-state index in [1.165, 1.54) is 10.9 Å². The molecule has 0 fully saturated rings. The van der Waals surface area contributed by atoms with Crippen molar-refractivity contribution in [2.75, 3.05) is 7.05 Å². The fraction of sp³-hybridized carbons (Fsp3) is 0.118. The Labute approximate surface area is 137 Å². The van der Waals surface area contributed by atoms with Gasteiger partial charge in [0, 0.05) is 22.3 Å². The molecule has 0 spiro atoms. The summed E-state index contributed by atoms with van der Waals surface area (Å²) in [4.78, 5) is 4.25. The molecule has 3 aromatic rings. The van der Waals surface area contributed by atoms with E-state index in [0.29, 0.717) is 5.02 Å². The second-order valence-corrected chi connectivity index (χ2v) is 6.10. The Balaban J connectivity index is 2.16. The van der Waals surface area contributed by atoms with Gasteiger partial charge in [0.2, 0.25) is 0 Å². The first kappa shape index (κ1) is 14.5. The van der Waals surface area contributed by atoms with E-state index in [1.54, 1.807) is 0 Å². The average Bonchev–Trinajstić information content (AvgIpc) is 2.52. The van der Waals surface area contributed by atoms with Crippen LogP contribution in [0.15, 0.2) is 59.3 Å². The molecule has 0 aliphatic heterocycles. The third-order valence-electron chi connectivity index (χ3n) is 3.59. The van der Waals surface area contributed by atoms with Gasteiger partial charge in [-0.05, 0) is 57.7 Å². The molecule has 21 heavy (non-hydrogen) atoms. The summed E-state index contributed by atoms with van der Waals surface area (Å²) in [7, 11) is 1.95. The summed E-state index contributed by atoms with van der Waals surface area (Å²) in [6, 6.07) is 14.4. The fourth-order valence-corrected chi connectivity index (χ4v) is 3.02. The van der Waals surface area contributed by atoms with Crippen molar-refractivity contribution in [3.8, 4) is 0 Å². The molecule has 3 rings (SSSR count). The van der Waals surface area contributed by atoms with E-state index in [1.807, 2.05) is 37.6 Å². The van der Waals surface area contributed by atoms with Crippen molar-refractivity contribution in [2.24, 2.45) is 0 Å². The number of fused-ring (bicyclic) bond motifs is 1. The quantitative estimate of drug-likeness (QED) is 0.713. The Morgan fingerprint density at radius 3 is 2.81 bits per heavy atom. The van der Waals surface area contributed by atoms with Crippen molar-refractivity contribution in [3.63, 3.8) is 0 Å². The van der Waals surface area contributed by atoms with Crippen LogP contribution in [0.2, 0.25) is 5.02 Å². The molecule has 1 atom stereocenters. The number of rotatable bonds is 3. The summed E-state index contributed by atoms with van der Waals surface area (Å²) in [6.07, 6.45) is 3.73. The molecule has 0 radical (unpaired) electrons. The van der Waals surface area contributed by atoms with E-state index in [4.69, 9.17) is 11.6 Å². The van der Waals surface area contributed by atoms with E-state index in [9.17, 15) is 0 Å². The summed E-state index contributed by atoms with van der Waals surface area (Å²) >= 11 is 9.67. The third kappa shape index (κ3) is 2.82. The predicted molar refractivity (Wildman–Crippen MR) is 91.8 cm³/mol. The lowest BCUT2D eigenvalue weighted by Gasteiger charge is -2.19. The van der Waals surface area contributed by atoms with E-state index >= 15 is 0 Å². The molecule has 0 saturated carbocycles. The van der Waals surface area contributed by atoms with Crippen molar-refractivity contribution in [1.82, 2.24) is 10.3 Å². The first-order valence-corrected chi connectivity index (χ1v) is 7.82. The number of nitrogens with zero attached hydrogens (tertiary/aromatic N) is 1. The number of benzene rings is 2. The van der Waals surface area contributed by atoms with E-state index in [-0.39, 0.29) is 6.04 Å². The number of nitrogens with one attached hydrogen (secondary N) is 1. The Hall–Kier alpha value is -1.42. The molecule has 2 nitrogen and oxygen atoms in total. The first-order valence-electron chi connectivity index (χ1n) is 6.65. The second-order valence-electron chi connectivity index (χ2n) is 4.84. The van der Waals surface area contributed by atoms with Crippen molar-refractivity contribution >= 4 is 38.3 Å². The SMILES string of the molecule is CNC(c1ccc(Br)c(Cl)c1)c1cccc2ccncc12. The minimum absolute atomic E-state index is 0.0727. The number of pyridine rings is 1. The van der Waals surface area contributed by atoms with Gasteiger partial charge >= 0.3 is 0 Å². The fourth-order valence-electron chi connectivity index (χ4n) is 2.58. The lowest BCUT2D eigenvalue weighted by molar-refractivity contribution is 0.696. The van der Waals surface area contributed by atoms with E-state index in [0.717, 1.165) is 15.4 Å². The molecule has 106 valence electrons. The average molecular weight is 362 g/mol. The van der Waals surface area contributed by atoms with Crippen molar-refractivity contribution in [1.29, 1.82) is 0 Å². The maximum Gasteiger partial charge on any atom is 0.0581 e. The first-order chi connectivity index (χ1) is 10.2. The van der Waals surface area contributed by atoms with Crippen LogP contribution in [0.3, 0.4) is 0 Å². The van der Waals surface area contributed by atoms with Crippen LogP contribution >= 0.6 is 27.5 Å². The van der Waals surface area contributed by atoms with Gasteiger partial charge in [0.1, 0.15) is 0 Å². The molecule has 0 bridgehead atoms. The monoisotopic (exact) mass is 360 g/mol. The summed E-state index contributed by atoms with van der Waals surface area (Å²) in [5.41, 5.74) is 2.32. The highest BCUT2D eigenvalue weighted by Crippen LogP contribution is 2.31. The van der Waals surface area contributed by atoms with Crippen LogP contribution in [0.1, 0.15) is 17.2 Å². The summed E-state index contributed by atoms with van der Waals surface area (Å²) in [5.74, 6) is 0. The number of aromatic nitrogens is 1. The van der Waals surface area contributed by atoms with Crippen LogP contribution in [0, 0.1) is 0 Å². The predicted octanol–water partition coefficient (Wildman–Crippen LogP) is 4.96. The van der Waals surface area contributed by atoms with Gasteiger partial charge in [0.05, 0.1) is 11.1 Å². The zero-order valence-electron chi connectivity index (χ0n) is 11.5. The molecule has 0 aliphatic rings. The minimum Gasteiger partial charge on any atom is -0.309 e. The van der Waals surface area contributed by atoms with Crippen molar-refractivity contribution in [3.05, 3.63) is 75.5 Å². The molecule has 0 amide bonds. The molecule has 1 aromatic heterocycles. The Morgan fingerprint density at radius 1 is 1.19 bits per heavy atom. The highest BCUT2D eigenvalue weighted by Gasteiger charge is 2.15. The maximum atomic E-state index is 6.23. The number of halogens is 2. The van der Waals surface area contributed by atoms with Crippen LogP contribution in [-0.2, 0) is 0 Å². The van der Waals surface area contributed by atoms with Crippen LogP contribution in [0.25, 0.3) is 10.8 Å². The van der Waals surface area contributed by atoms with E-state index < -0.39 is 0 Å². The van der Waals surface area contributed by atoms with Gasteiger partial charge < -0.3 is 5.32 Å². The lowest BCUT2D eigenvalue weighted by atomic mass is 9.95. The Kier molecular flexibility index (Phi) is 4.24. The van der Waals surface area contributed by atoms with Gasteiger partial charge in [0.15, 0.2) is 0 Å².